The number of aryl methyl sites for hydroxylation is 2. The van der Waals surface area contributed by atoms with Gasteiger partial charge in [0, 0.05) is 11.6 Å². The molecule has 0 bridgehead atoms. The molecule has 78 valence electrons. The topological polar surface area (TPSA) is 46.2 Å². The van der Waals surface area contributed by atoms with Crippen molar-refractivity contribution in [1.82, 2.24) is 0 Å². The molecule has 1 aromatic carbocycles. The minimum Gasteiger partial charge on any atom is -0.508 e. The smallest absolute Gasteiger partial charge is 0.120 e. The number of hydrogen-bond acceptors (Lipinski definition) is 2. The first-order valence-electron chi connectivity index (χ1n) is 4.99. The summed E-state index contributed by atoms with van der Waals surface area (Å²) in [5.74, 6) is 0.650. The Hall–Kier alpha value is -1.02. The van der Waals surface area contributed by atoms with Gasteiger partial charge < -0.3 is 10.8 Å². The summed E-state index contributed by atoms with van der Waals surface area (Å²) in [6.45, 7) is 8.13. The highest BCUT2D eigenvalue weighted by Gasteiger charge is 2.15. The van der Waals surface area contributed by atoms with E-state index in [9.17, 15) is 5.11 Å². The van der Waals surface area contributed by atoms with Crippen LogP contribution in [0.1, 0.15) is 36.6 Å². The van der Waals surface area contributed by atoms with Crippen LogP contribution in [-0.4, -0.2) is 5.11 Å². The van der Waals surface area contributed by atoms with Crippen LogP contribution in [0.4, 0.5) is 0 Å². The van der Waals surface area contributed by atoms with Crippen LogP contribution in [-0.2, 0) is 0 Å². The maximum absolute atomic E-state index is 9.76. The first kappa shape index (κ1) is 11.1. The van der Waals surface area contributed by atoms with Crippen LogP contribution in [0.5, 0.6) is 5.75 Å². The van der Waals surface area contributed by atoms with Crippen molar-refractivity contribution in [3.63, 3.8) is 0 Å². The van der Waals surface area contributed by atoms with Crippen LogP contribution < -0.4 is 5.73 Å². The SMILES string of the molecule is Cc1cc(O)c(C(N)C(C)C)cc1C. The molecule has 0 saturated carbocycles. The molecule has 2 nitrogen and oxygen atoms in total. The lowest BCUT2D eigenvalue weighted by Gasteiger charge is -2.18. The van der Waals surface area contributed by atoms with Gasteiger partial charge >= 0.3 is 0 Å². The summed E-state index contributed by atoms with van der Waals surface area (Å²) in [5, 5.41) is 9.76. The van der Waals surface area contributed by atoms with Crippen LogP contribution in [0.3, 0.4) is 0 Å². The molecule has 1 atom stereocenters. The third-order valence-electron chi connectivity index (χ3n) is 2.72. The van der Waals surface area contributed by atoms with E-state index in [0.29, 0.717) is 11.7 Å². The Labute approximate surface area is 85.8 Å². The Morgan fingerprint density at radius 2 is 1.64 bits per heavy atom. The molecule has 0 spiro atoms. The zero-order valence-electron chi connectivity index (χ0n) is 9.33. The standard InChI is InChI=1S/C12H19NO/c1-7(2)12(13)10-5-8(3)9(4)6-11(10)14/h5-7,12,14H,13H2,1-4H3. The number of aromatic hydroxyl groups is 1. The van der Waals surface area contributed by atoms with Crippen LogP contribution >= 0.6 is 0 Å². The van der Waals surface area contributed by atoms with Gasteiger partial charge in [0.05, 0.1) is 0 Å². The van der Waals surface area contributed by atoms with Gasteiger partial charge in [-0.15, -0.1) is 0 Å². The summed E-state index contributed by atoms with van der Waals surface area (Å²) in [6, 6.07) is 3.68. The number of phenolic OH excluding ortho intramolecular Hbond substituents is 1. The van der Waals surface area contributed by atoms with Crippen LogP contribution in [0.15, 0.2) is 12.1 Å². The third kappa shape index (κ3) is 2.07. The lowest BCUT2D eigenvalue weighted by Crippen LogP contribution is -2.17. The van der Waals surface area contributed by atoms with E-state index in [0.717, 1.165) is 11.1 Å². The first-order valence-corrected chi connectivity index (χ1v) is 4.99. The lowest BCUT2D eigenvalue weighted by atomic mass is 9.93. The zero-order valence-corrected chi connectivity index (χ0v) is 9.33. The van der Waals surface area contributed by atoms with E-state index in [4.69, 9.17) is 5.73 Å². The highest BCUT2D eigenvalue weighted by Crippen LogP contribution is 2.29. The van der Waals surface area contributed by atoms with Crippen molar-refractivity contribution in [2.24, 2.45) is 11.7 Å². The normalized spacial score (nSPS) is 13.3. The van der Waals surface area contributed by atoms with E-state index >= 15 is 0 Å². The van der Waals surface area contributed by atoms with Crippen LogP contribution in [0.2, 0.25) is 0 Å². The second-order valence-electron chi connectivity index (χ2n) is 4.27. The highest BCUT2D eigenvalue weighted by molar-refractivity contribution is 5.42. The van der Waals surface area contributed by atoms with E-state index in [-0.39, 0.29) is 6.04 Å². The fraction of sp³-hybridized carbons (Fsp3) is 0.500. The van der Waals surface area contributed by atoms with Gasteiger partial charge in [-0.3, -0.25) is 0 Å². The first-order chi connectivity index (χ1) is 6.43. The molecule has 0 radical (unpaired) electrons. The molecule has 0 fully saturated rings. The minimum absolute atomic E-state index is 0.0886. The fourth-order valence-corrected chi connectivity index (χ4v) is 1.45. The predicted molar refractivity (Wildman–Crippen MR) is 59.3 cm³/mol. The second-order valence-corrected chi connectivity index (χ2v) is 4.27. The van der Waals surface area contributed by atoms with Crippen molar-refractivity contribution >= 4 is 0 Å². The molecule has 0 amide bonds. The van der Waals surface area contributed by atoms with Gasteiger partial charge in [-0.1, -0.05) is 19.9 Å². The molecule has 0 aliphatic rings. The van der Waals surface area contributed by atoms with Gasteiger partial charge in [-0.2, -0.15) is 0 Å². The molecule has 1 rings (SSSR count). The summed E-state index contributed by atoms with van der Waals surface area (Å²) in [4.78, 5) is 0. The monoisotopic (exact) mass is 193 g/mol. The van der Waals surface area contributed by atoms with Gasteiger partial charge in [-0.05, 0) is 37.0 Å². The predicted octanol–water partition coefficient (Wildman–Crippen LogP) is 2.66. The average Bonchev–Trinajstić information content (AvgIpc) is 2.10. The van der Waals surface area contributed by atoms with Gasteiger partial charge in [0.2, 0.25) is 0 Å². The summed E-state index contributed by atoms with van der Waals surface area (Å²) in [6.07, 6.45) is 0. The number of rotatable bonds is 2. The van der Waals surface area contributed by atoms with E-state index in [2.05, 4.69) is 13.8 Å². The van der Waals surface area contributed by atoms with E-state index in [1.807, 2.05) is 19.9 Å². The molecule has 0 heterocycles. The number of benzene rings is 1. The van der Waals surface area contributed by atoms with E-state index < -0.39 is 0 Å². The Morgan fingerprint density at radius 3 is 2.14 bits per heavy atom. The second kappa shape index (κ2) is 4.01. The highest BCUT2D eigenvalue weighted by atomic mass is 16.3. The van der Waals surface area contributed by atoms with Crippen LogP contribution in [0.25, 0.3) is 0 Å². The maximum atomic E-state index is 9.76. The Morgan fingerprint density at radius 1 is 1.14 bits per heavy atom. The molecular weight excluding hydrogens is 174 g/mol. The summed E-state index contributed by atoms with van der Waals surface area (Å²) >= 11 is 0. The number of phenols is 1. The summed E-state index contributed by atoms with van der Waals surface area (Å²) in [7, 11) is 0. The average molecular weight is 193 g/mol. The van der Waals surface area contributed by atoms with Crippen molar-refractivity contribution in [1.29, 1.82) is 0 Å². The lowest BCUT2D eigenvalue weighted by molar-refractivity contribution is 0.439. The van der Waals surface area contributed by atoms with E-state index in [1.165, 1.54) is 5.56 Å². The van der Waals surface area contributed by atoms with Crippen molar-refractivity contribution in [2.45, 2.75) is 33.7 Å². The largest absolute Gasteiger partial charge is 0.508 e. The van der Waals surface area contributed by atoms with Gasteiger partial charge in [0.1, 0.15) is 5.75 Å². The van der Waals surface area contributed by atoms with Crippen molar-refractivity contribution in [3.8, 4) is 5.75 Å². The fourth-order valence-electron chi connectivity index (χ4n) is 1.45. The van der Waals surface area contributed by atoms with Crippen molar-refractivity contribution in [2.75, 3.05) is 0 Å². The summed E-state index contributed by atoms with van der Waals surface area (Å²) in [5.41, 5.74) is 9.12. The molecule has 2 heteroatoms. The molecule has 3 N–H and O–H groups in total. The summed E-state index contributed by atoms with van der Waals surface area (Å²) < 4.78 is 0. The zero-order chi connectivity index (χ0) is 10.9. The Balaban J connectivity index is 3.15. The molecule has 0 saturated heterocycles. The molecular formula is C12H19NO. The minimum atomic E-state index is -0.0886. The molecule has 14 heavy (non-hydrogen) atoms. The molecule has 0 aliphatic heterocycles. The van der Waals surface area contributed by atoms with Gasteiger partial charge in [0.15, 0.2) is 0 Å². The Bertz CT molecular complexity index is 331. The van der Waals surface area contributed by atoms with Crippen LogP contribution in [0, 0.1) is 19.8 Å². The maximum Gasteiger partial charge on any atom is 0.120 e. The van der Waals surface area contributed by atoms with E-state index in [1.54, 1.807) is 6.07 Å². The third-order valence-corrected chi connectivity index (χ3v) is 2.72. The van der Waals surface area contributed by atoms with Crippen molar-refractivity contribution in [3.05, 3.63) is 28.8 Å². The Kier molecular flexibility index (Phi) is 3.17. The van der Waals surface area contributed by atoms with Gasteiger partial charge in [0.25, 0.3) is 0 Å². The van der Waals surface area contributed by atoms with Gasteiger partial charge in [-0.25, -0.2) is 0 Å². The molecule has 0 aromatic heterocycles. The quantitative estimate of drug-likeness (QED) is 0.758. The molecule has 1 aromatic rings. The molecule has 1 unspecified atom stereocenters. The van der Waals surface area contributed by atoms with Crippen molar-refractivity contribution < 1.29 is 5.11 Å². The number of hydrogen-bond donors (Lipinski definition) is 2. The molecule has 0 aliphatic carbocycles. The number of nitrogens with two attached hydrogens (primary N) is 1.